The van der Waals surface area contributed by atoms with E-state index in [9.17, 15) is 4.79 Å². The fourth-order valence-electron chi connectivity index (χ4n) is 0.916. The van der Waals surface area contributed by atoms with Crippen molar-refractivity contribution in [3.05, 3.63) is 0 Å². The molecule has 1 unspecified atom stereocenters. The molecule has 0 bridgehead atoms. The third-order valence-corrected chi connectivity index (χ3v) is 1.58. The Bertz CT molecular complexity index is 186. The fraction of sp³-hybridized carbons (Fsp3) is 0.667. The topological polar surface area (TPSA) is 61.7 Å². The van der Waals surface area contributed by atoms with E-state index in [1.807, 2.05) is 0 Å². The van der Waals surface area contributed by atoms with Gasteiger partial charge >= 0.3 is 5.97 Å². The number of carboxylic acids is 1. The number of hydrogen-bond acceptors (Lipinski definition) is 3. The van der Waals surface area contributed by atoms with Gasteiger partial charge < -0.3 is 10.4 Å². The molecule has 1 aliphatic rings. The van der Waals surface area contributed by atoms with Crippen LogP contribution >= 0.6 is 0 Å². The van der Waals surface area contributed by atoms with Crippen molar-refractivity contribution in [2.75, 3.05) is 0 Å². The molecule has 0 radical (unpaired) electrons. The number of carbonyl (C=O) groups is 1. The quantitative estimate of drug-likeness (QED) is 0.535. The van der Waals surface area contributed by atoms with Crippen molar-refractivity contribution in [2.45, 2.75) is 25.4 Å². The molecule has 4 nitrogen and oxygen atoms in total. The van der Waals surface area contributed by atoms with Crippen LogP contribution in [0.2, 0.25) is 0 Å². The summed E-state index contributed by atoms with van der Waals surface area (Å²) in [5.41, 5.74) is -0.439. The van der Waals surface area contributed by atoms with Crippen LogP contribution in [0.3, 0.4) is 0 Å². The lowest BCUT2D eigenvalue weighted by Gasteiger charge is -2.21. The minimum absolute atomic E-state index is 0.439. The lowest BCUT2D eigenvalue weighted by atomic mass is 9.97. The number of nitrogens with one attached hydrogen (secondary N) is 1. The zero-order chi connectivity index (χ0) is 7.78. The second-order valence-corrected chi connectivity index (χ2v) is 2.88. The number of aliphatic imine (C=N–C) groups is 1. The molecule has 1 aliphatic heterocycles. The van der Waals surface area contributed by atoms with Crippen molar-refractivity contribution < 1.29 is 9.90 Å². The Morgan fingerprint density at radius 2 is 2.40 bits per heavy atom. The number of carboxylic acid groups (broad SMARTS) is 1. The highest BCUT2D eigenvalue weighted by atomic mass is 16.4. The summed E-state index contributed by atoms with van der Waals surface area (Å²) in [7, 11) is 0. The SMILES string of the molecule is CC1(C)NC=NC1C(=O)O. The lowest BCUT2D eigenvalue weighted by molar-refractivity contribution is -0.139. The summed E-state index contributed by atoms with van der Waals surface area (Å²) in [6.07, 6.45) is 1.44. The average Bonchev–Trinajstić information content (AvgIpc) is 2.08. The summed E-state index contributed by atoms with van der Waals surface area (Å²) in [6, 6.07) is -0.646. The van der Waals surface area contributed by atoms with E-state index in [2.05, 4.69) is 10.3 Å². The Hall–Kier alpha value is -1.06. The monoisotopic (exact) mass is 142 g/mol. The highest BCUT2D eigenvalue weighted by molar-refractivity contribution is 5.80. The van der Waals surface area contributed by atoms with Crippen LogP contribution < -0.4 is 5.32 Å². The van der Waals surface area contributed by atoms with Gasteiger partial charge in [-0.15, -0.1) is 0 Å². The summed E-state index contributed by atoms with van der Waals surface area (Å²) in [5.74, 6) is -0.883. The van der Waals surface area contributed by atoms with Gasteiger partial charge in [-0.05, 0) is 13.8 Å². The van der Waals surface area contributed by atoms with Gasteiger partial charge in [0.05, 0.1) is 11.9 Å². The molecule has 2 N–H and O–H groups in total. The first-order chi connectivity index (χ1) is 4.54. The minimum atomic E-state index is -0.883. The summed E-state index contributed by atoms with van der Waals surface area (Å²) < 4.78 is 0. The largest absolute Gasteiger partial charge is 0.480 e. The van der Waals surface area contributed by atoms with Crippen LogP contribution in [0.5, 0.6) is 0 Å². The summed E-state index contributed by atoms with van der Waals surface area (Å²) >= 11 is 0. The standard InChI is InChI=1S/C6H10N2O2/c1-6(2)4(5(9)10)7-3-8-6/h3-4H,1-2H3,(H,7,8)(H,9,10). The van der Waals surface area contributed by atoms with E-state index in [0.717, 1.165) is 0 Å². The van der Waals surface area contributed by atoms with Gasteiger partial charge in [0.15, 0.2) is 6.04 Å². The zero-order valence-electron chi connectivity index (χ0n) is 5.96. The van der Waals surface area contributed by atoms with Gasteiger partial charge in [0.2, 0.25) is 0 Å². The van der Waals surface area contributed by atoms with Crippen LogP contribution in [0.25, 0.3) is 0 Å². The van der Waals surface area contributed by atoms with E-state index >= 15 is 0 Å². The molecule has 0 fully saturated rings. The maximum atomic E-state index is 10.5. The maximum absolute atomic E-state index is 10.5. The van der Waals surface area contributed by atoms with E-state index in [0.29, 0.717) is 0 Å². The molecule has 0 aromatic rings. The second kappa shape index (κ2) is 1.97. The normalized spacial score (nSPS) is 28.0. The van der Waals surface area contributed by atoms with Crippen LogP contribution in [0.1, 0.15) is 13.8 Å². The Labute approximate surface area is 59.0 Å². The predicted molar refractivity (Wildman–Crippen MR) is 37.1 cm³/mol. The van der Waals surface area contributed by atoms with Crippen molar-refractivity contribution in [2.24, 2.45) is 4.99 Å². The third-order valence-electron chi connectivity index (χ3n) is 1.58. The van der Waals surface area contributed by atoms with E-state index < -0.39 is 17.6 Å². The number of rotatable bonds is 1. The van der Waals surface area contributed by atoms with Crippen LogP contribution in [-0.4, -0.2) is 29.0 Å². The predicted octanol–water partition coefficient (Wildman–Crippen LogP) is -0.150. The zero-order valence-corrected chi connectivity index (χ0v) is 5.96. The lowest BCUT2D eigenvalue weighted by Crippen LogP contribution is -2.46. The molecule has 1 atom stereocenters. The van der Waals surface area contributed by atoms with Crippen molar-refractivity contribution in [3.63, 3.8) is 0 Å². The van der Waals surface area contributed by atoms with Crippen molar-refractivity contribution in [1.29, 1.82) is 0 Å². The molecule has 0 aromatic carbocycles. The van der Waals surface area contributed by atoms with Crippen molar-refractivity contribution >= 4 is 12.3 Å². The van der Waals surface area contributed by atoms with Gasteiger partial charge in [0.25, 0.3) is 0 Å². The average molecular weight is 142 g/mol. The fourth-order valence-corrected chi connectivity index (χ4v) is 0.916. The molecule has 0 aliphatic carbocycles. The summed E-state index contributed by atoms with van der Waals surface area (Å²) in [6.45, 7) is 3.61. The summed E-state index contributed by atoms with van der Waals surface area (Å²) in [5, 5.41) is 11.4. The van der Waals surface area contributed by atoms with E-state index in [1.54, 1.807) is 13.8 Å². The molecule has 10 heavy (non-hydrogen) atoms. The summed E-state index contributed by atoms with van der Waals surface area (Å²) in [4.78, 5) is 14.2. The van der Waals surface area contributed by atoms with Crippen LogP contribution in [0.4, 0.5) is 0 Å². The Morgan fingerprint density at radius 3 is 2.60 bits per heavy atom. The first-order valence-electron chi connectivity index (χ1n) is 3.06. The van der Waals surface area contributed by atoms with E-state index in [1.165, 1.54) is 6.34 Å². The molecule has 1 rings (SSSR count). The Balaban J connectivity index is 2.77. The molecular formula is C6H10N2O2. The van der Waals surface area contributed by atoms with Gasteiger partial charge in [0, 0.05) is 0 Å². The molecule has 56 valence electrons. The molecule has 4 heteroatoms. The van der Waals surface area contributed by atoms with E-state index in [-0.39, 0.29) is 0 Å². The highest BCUT2D eigenvalue weighted by Gasteiger charge is 2.37. The molecule has 0 saturated heterocycles. The number of aliphatic carboxylic acids is 1. The molecule has 0 aromatic heterocycles. The van der Waals surface area contributed by atoms with Gasteiger partial charge in [-0.25, -0.2) is 4.79 Å². The maximum Gasteiger partial charge on any atom is 0.330 e. The van der Waals surface area contributed by atoms with Gasteiger partial charge in [0.1, 0.15) is 0 Å². The van der Waals surface area contributed by atoms with Crippen molar-refractivity contribution in [3.8, 4) is 0 Å². The highest BCUT2D eigenvalue weighted by Crippen LogP contribution is 2.15. The molecule has 0 amide bonds. The smallest absolute Gasteiger partial charge is 0.330 e. The van der Waals surface area contributed by atoms with E-state index in [4.69, 9.17) is 5.11 Å². The number of hydrogen-bond donors (Lipinski definition) is 2. The molecule has 0 saturated carbocycles. The van der Waals surface area contributed by atoms with Gasteiger partial charge in [-0.1, -0.05) is 0 Å². The van der Waals surface area contributed by atoms with Crippen molar-refractivity contribution in [1.82, 2.24) is 5.32 Å². The molecule has 0 spiro atoms. The second-order valence-electron chi connectivity index (χ2n) is 2.88. The number of nitrogens with zero attached hydrogens (tertiary/aromatic N) is 1. The first kappa shape index (κ1) is 7.05. The third kappa shape index (κ3) is 0.964. The van der Waals surface area contributed by atoms with Crippen LogP contribution in [0, 0.1) is 0 Å². The Morgan fingerprint density at radius 1 is 1.80 bits per heavy atom. The Kier molecular flexibility index (Phi) is 1.39. The van der Waals surface area contributed by atoms with Crippen LogP contribution in [0.15, 0.2) is 4.99 Å². The minimum Gasteiger partial charge on any atom is -0.480 e. The van der Waals surface area contributed by atoms with Crippen LogP contribution in [-0.2, 0) is 4.79 Å². The molecule has 1 heterocycles. The first-order valence-corrected chi connectivity index (χ1v) is 3.06. The molecular weight excluding hydrogens is 132 g/mol. The van der Waals surface area contributed by atoms with Gasteiger partial charge in [-0.3, -0.25) is 4.99 Å². The van der Waals surface area contributed by atoms with Gasteiger partial charge in [-0.2, -0.15) is 0 Å².